The first kappa shape index (κ1) is 31.0. The minimum atomic E-state index is -4.50. The Morgan fingerprint density at radius 3 is 2.44 bits per heavy atom. The molecule has 4 aromatic heterocycles. The van der Waals surface area contributed by atoms with Crippen LogP contribution in [0.2, 0.25) is 0 Å². The van der Waals surface area contributed by atoms with Crippen molar-refractivity contribution in [3.8, 4) is 0 Å². The minimum absolute atomic E-state index is 0.0808. The number of fused-ring (bicyclic) bond motifs is 4. The van der Waals surface area contributed by atoms with Crippen LogP contribution in [0.4, 0.5) is 16.2 Å². The number of H-pyrrole nitrogens is 1. The number of aliphatic hydroxyl groups is 1. The molecule has 45 heavy (non-hydrogen) atoms. The van der Waals surface area contributed by atoms with Crippen LogP contribution < -0.4 is 17.0 Å². The number of nitrogens with two attached hydrogens (primary N) is 2. The van der Waals surface area contributed by atoms with Crippen molar-refractivity contribution in [2.24, 2.45) is 0 Å². The van der Waals surface area contributed by atoms with E-state index in [0.717, 1.165) is 10.9 Å². The number of hydrogen-bond donors (Lipinski definition) is 5. The van der Waals surface area contributed by atoms with Gasteiger partial charge in [-0.1, -0.05) is 0 Å². The molecule has 0 saturated carbocycles. The van der Waals surface area contributed by atoms with Gasteiger partial charge in [-0.15, -0.1) is 0 Å². The molecule has 7 N–H and O–H groups in total. The third-order valence-electron chi connectivity index (χ3n) is 7.27. The van der Waals surface area contributed by atoms with Crippen molar-refractivity contribution < 1.29 is 46.5 Å². The highest BCUT2D eigenvalue weighted by atomic mass is 32.7. The van der Waals surface area contributed by atoms with Gasteiger partial charge in [0.2, 0.25) is 5.95 Å². The van der Waals surface area contributed by atoms with Crippen molar-refractivity contribution in [3.05, 3.63) is 29.3 Å². The standard InChI is InChI=1S/C20H23FN10O10P2S2/c21-8-12-6(38-18(8)31-5-27-10-16(31)28-20(23)29-17(10)33)1-36-43(35,45)41-13-7(2-37-42(34,44)40-12)39-19(11(13)32)30-4-26-9-14(22)24-3-25-15(9)30/h3-8,11-13,18-19,32H,1-2H2,(H,34,44)(H,35,45)(H2,22,24,25)(H3,23,28,29,33)/p-1/t6-,7-,8-,11-,12-,13-,18-,19-,42?,43?/m1/s1. The van der Waals surface area contributed by atoms with E-state index in [1.54, 1.807) is 0 Å². The van der Waals surface area contributed by atoms with Crippen molar-refractivity contribution in [1.82, 2.24) is 39.0 Å². The van der Waals surface area contributed by atoms with Gasteiger partial charge in [0.1, 0.15) is 42.4 Å². The summed E-state index contributed by atoms with van der Waals surface area (Å²) in [6, 6.07) is 0. The molecule has 3 fully saturated rings. The van der Waals surface area contributed by atoms with Crippen molar-refractivity contribution >= 4 is 71.7 Å². The molecule has 0 bridgehead atoms. The molecule has 4 aromatic rings. The van der Waals surface area contributed by atoms with Gasteiger partial charge >= 0.3 is 6.72 Å². The molecule has 7 rings (SSSR count). The normalized spacial score (nSPS) is 37.7. The number of nitrogen functional groups attached to an aromatic ring is 2. The Morgan fingerprint density at radius 2 is 1.67 bits per heavy atom. The lowest BCUT2D eigenvalue weighted by molar-refractivity contribution is -0.0570. The van der Waals surface area contributed by atoms with E-state index in [9.17, 15) is 19.4 Å². The van der Waals surface area contributed by atoms with E-state index < -0.39 is 81.4 Å². The van der Waals surface area contributed by atoms with Gasteiger partial charge in [0.05, 0.1) is 25.9 Å². The first-order chi connectivity index (χ1) is 21.3. The lowest BCUT2D eigenvalue weighted by Crippen LogP contribution is -2.38. The smallest absolute Gasteiger partial charge is 0.325 e. The lowest BCUT2D eigenvalue weighted by Gasteiger charge is -2.33. The maximum atomic E-state index is 16.0. The number of rotatable bonds is 2. The first-order valence-electron chi connectivity index (χ1n) is 12.9. The molecule has 242 valence electrons. The zero-order valence-corrected chi connectivity index (χ0v) is 25.7. The van der Waals surface area contributed by atoms with Crippen LogP contribution >= 0.6 is 13.5 Å². The molecule has 0 spiro atoms. The molecule has 0 aromatic carbocycles. The monoisotopic (exact) mass is 707 g/mol. The molecule has 0 radical (unpaired) electrons. The summed E-state index contributed by atoms with van der Waals surface area (Å²) in [6.45, 7) is -9.98. The third kappa shape index (κ3) is 5.55. The van der Waals surface area contributed by atoms with Gasteiger partial charge in [0.25, 0.3) is 5.56 Å². The minimum Gasteiger partial charge on any atom is -0.660 e. The van der Waals surface area contributed by atoms with E-state index in [0.29, 0.717) is 0 Å². The molecule has 7 heterocycles. The fourth-order valence-corrected chi connectivity index (χ4v) is 8.14. The number of alkyl halides is 1. The van der Waals surface area contributed by atoms with Crippen molar-refractivity contribution in [2.45, 2.75) is 49.1 Å². The average molecular weight is 708 g/mol. The second kappa shape index (κ2) is 11.2. The van der Waals surface area contributed by atoms with Crippen LogP contribution in [0, 0.1) is 0 Å². The van der Waals surface area contributed by atoms with Gasteiger partial charge in [0, 0.05) is 0 Å². The summed E-state index contributed by atoms with van der Waals surface area (Å²) in [5.74, 6) is -0.177. The maximum absolute atomic E-state index is 16.0. The summed E-state index contributed by atoms with van der Waals surface area (Å²) in [5.41, 5.74) is 11.0. The number of halogens is 1. The van der Waals surface area contributed by atoms with E-state index in [4.69, 9.17) is 63.1 Å². The van der Waals surface area contributed by atoms with Crippen LogP contribution in [0.1, 0.15) is 12.5 Å². The highest BCUT2D eigenvalue weighted by molar-refractivity contribution is 8.32. The number of anilines is 2. The Labute approximate surface area is 260 Å². The first-order valence-corrected chi connectivity index (χ1v) is 18.0. The summed E-state index contributed by atoms with van der Waals surface area (Å²) in [5, 5.41) is 11.2. The van der Waals surface area contributed by atoms with E-state index in [-0.39, 0.29) is 34.1 Å². The number of aromatic amines is 1. The number of nitrogens with one attached hydrogen (secondary N) is 1. The van der Waals surface area contributed by atoms with Gasteiger partial charge in [0.15, 0.2) is 48.1 Å². The van der Waals surface area contributed by atoms with Gasteiger partial charge in [-0.2, -0.15) is 4.98 Å². The van der Waals surface area contributed by atoms with Crippen LogP contribution in [0.3, 0.4) is 0 Å². The number of nitrogens with zero attached hydrogens (tertiary/aromatic N) is 7. The van der Waals surface area contributed by atoms with E-state index in [2.05, 4.69) is 29.9 Å². The van der Waals surface area contributed by atoms with Crippen LogP contribution in [-0.4, -0.2) is 98.9 Å². The largest absolute Gasteiger partial charge is 0.660 e. The molecule has 2 unspecified atom stereocenters. The molecule has 0 aliphatic carbocycles. The second-order valence-corrected chi connectivity index (χ2v) is 15.6. The fraction of sp³-hybridized carbons (Fsp3) is 0.500. The zero-order chi connectivity index (χ0) is 31.8. The van der Waals surface area contributed by atoms with Crippen LogP contribution in [0.15, 0.2) is 23.8 Å². The number of hydrogen-bond acceptors (Lipinski definition) is 18. The summed E-state index contributed by atoms with van der Waals surface area (Å²) < 4.78 is 65.5. The van der Waals surface area contributed by atoms with Crippen LogP contribution in [0.25, 0.3) is 22.3 Å². The molecule has 3 saturated heterocycles. The van der Waals surface area contributed by atoms with Gasteiger partial charge in [-0.3, -0.25) is 28.0 Å². The second-order valence-electron chi connectivity index (χ2n) is 10.1. The zero-order valence-electron chi connectivity index (χ0n) is 22.3. The molecule has 3 aliphatic rings. The highest BCUT2D eigenvalue weighted by Gasteiger charge is 2.52. The van der Waals surface area contributed by atoms with Crippen molar-refractivity contribution in [3.63, 3.8) is 0 Å². The number of imidazole rings is 2. The number of ether oxygens (including phenoxy) is 2. The van der Waals surface area contributed by atoms with E-state index in [1.165, 1.54) is 17.2 Å². The Morgan fingerprint density at radius 1 is 1.00 bits per heavy atom. The summed E-state index contributed by atoms with van der Waals surface area (Å²) in [6.07, 6.45) is -8.58. The van der Waals surface area contributed by atoms with Crippen LogP contribution in [-0.2, 0) is 56.2 Å². The quantitative estimate of drug-likeness (QED) is 0.127. The Bertz CT molecular complexity index is 1950. The van der Waals surface area contributed by atoms with Crippen molar-refractivity contribution in [2.75, 3.05) is 24.7 Å². The SMILES string of the molecule is Nc1nc2c(ncn2[C@@H]2O[C@@H]3COP(O)(=S)O[C@H]4[C@@H](O)[C@H](n5cnc6c(N)ncnc65)O[C@@H]4COP(=O)([S-])O[C@H]3[C@H]2F)c(=O)[nH]1. The van der Waals surface area contributed by atoms with Gasteiger partial charge < -0.3 is 56.8 Å². The lowest BCUT2D eigenvalue weighted by atomic mass is 10.1. The Balaban J connectivity index is 1.17. The van der Waals surface area contributed by atoms with Crippen molar-refractivity contribution in [1.29, 1.82) is 0 Å². The summed E-state index contributed by atoms with van der Waals surface area (Å²) in [7, 11) is 0. The molecule has 0 amide bonds. The molecular formula is C20H22FN10O10P2S2-. The fourth-order valence-electron chi connectivity index (χ4n) is 5.27. The van der Waals surface area contributed by atoms with E-state index >= 15 is 4.39 Å². The Hall–Kier alpha value is -2.66. The predicted molar refractivity (Wildman–Crippen MR) is 154 cm³/mol. The highest BCUT2D eigenvalue weighted by Crippen LogP contribution is 2.55. The topological polar surface area (TPSA) is 272 Å². The molecule has 10 atom stereocenters. The van der Waals surface area contributed by atoms with Gasteiger partial charge in [-0.25, -0.2) is 24.3 Å². The third-order valence-corrected chi connectivity index (χ3v) is 10.4. The Kier molecular flexibility index (Phi) is 7.74. The predicted octanol–water partition coefficient (Wildman–Crippen LogP) is -0.693. The average Bonchev–Trinajstić information content (AvgIpc) is 3.72. The summed E-state index contributed by atoms with van der Waals surface area (Å²) in [4.78, 5) is 45.5. The van der Waals surface area contributed by atoms with E-state index in [1.807, 2.05) is 0 Å². The summed E-state index contributed by atoms with van der Waals surface area (Å²) >= 11 is 10.2. The molecule has 20 nitrogen and oxygen atoms in total. The molecule has 3 aliphatic heterocycles. The maximum Gasteiger partial charge on any atom is 0.325 e. The molecule has 25 heteroatoms. The van der Waals surface area contributed by atoms with Crippen LogP contribution in [0.5, 0.6) is 0 Å². The number of aromatic nitrogens is 8. The van der Waals surface area contributed by atoms with Gasteiger partial charge in [-0.05, 0) is 11.8 Å². The molecular weight excluding hydrogens is 685 g/mol. The number of aliphatic hydroxyl groups excluding tert-OH is 1.